The zero-order valence-electron chi connectivity index (χ0n) is 17.5. The maximum atomic E-state index is 13.4. The largest absolute Gasteiger partial charge is 0.507 e. The second-order valence-electron chi connectivity index (χ2n) is 7.32. The van der Waals surface area contributed by atoms with Gasteiger partial charge < -0.3 is 19.9 Å². The summed E-state index contributed by atoms with van der Waals surface area (Å²) in [6.07, 6.45) is -1.32. The number of anilines is 1. The Morgan fingerprint density at radius 3 is 2.48 bits per heavy atom. The summed E-state index contributed by atoms with van der Waals surface area (Å²) in [6, 6.07) is 18.3. The highest BCUT2D eigenvalue weighted by molar-refractivity contribution is 6.45. The van der Waals surface area contributed by atoms with Crippen molar-refractivity contribution in [3.8, 4) is 11.5 Å². The van der Waals surface area contributed by atoms with Crippen molar-refractivity contribution in [3.63, 3.8) is 0 Å². The summed E-state index contributed by atoms with van der Waals surface area (Å²) in [5.41, 5.74) is 0.646. The molecule has 0 fully saturated rings. The number of nitrogens with one attached hydrogen (secondary N) is 1. The number of carbonyl (C=O) groups excluding carboxylic acids is 4. The first-order valence-electron chi connectivity index (χ1n) is 10.0. The number of carbonyl (C=O) groups is 4. The molecule has 0 saturated heterocycles. The van der Waals surface area contributed by atoms with Crippen LogP contribution in [0, 0.1) is 5.92 Å². The van der Waals surface area contributed by atoms with Gasteiger partial charge in [0.1, 0.15) is 23.5 Å². The third-order valence-electron chi connectivity index (χ3n) is 5.31. The summed E-state index contributed by atoms with van der Waals surface area (Å²) in [6.45, 7) is 0. The van der Waals surface area contributed by atoms with E-state index in [4.69, 9.17) is 9.47 Å². The van der Waals surface area contributed by atoms with E-state index in [2.05, 4.69) is 5.32 Å². The molecule has 3 aromatic carbocycles. The maximum absolute atomic E-state index is 13.4. The van der Waals surface area contributed by atoms with Gasteiger partial charge in [-0.2, -0.15) is 0 Å². The molecule has 166 valence electrons. The van der Waals surface area contributed by atoms with E-state index in [-0.39, 0.29) is 22.6 Å². The van der Waals surface area contributed by atoms with Gasteiger partial charge in [0.05, 0.1) is 18.2 Å². The van der Waals surface area contributed by atoms with Crippen LogP contribution in [0.15, 0.2) is 72.8 Å². The molecule has 33 heavy (non-hydrogen) atoms. The summed E-state index contributed by atoms with van der Waals surface area (Å²) < 4.78 is 10.5. The van der Waals surface area contributed by atoms with E-state index in [9.17, 15) is 24.3 Å². The van der Waals surface area contributed by atoms with Crippen LogP contribution >= 0.6 is 0 Å². The molecule has 0 aliphatic carbocycles. The molecule has 2 N–H and O–H groups in total. The molecule has 0 bridgehead atoms. The van der Waals surface area contributed by atoms with E-state index in [0.29, 0.717) is 11.3 Å². The number of hydrogen-bond acceptors (Lipinski definition) is 7. The highest BCUT2D eigenvalue weighted by Crippen LogP contribution is 2.39. The van der Waals surface area contributed by atoms with E-state index in [1.165, 1.54) is 43.5 Å². The number of benzene rings is 3. The lowest BCUT2D eigenvalue weighted by molar-refractivity contribution is -0.138. The number of phenolic OH excluding ortho intramolecular Hbond substituents is 1. The van der Waals surface area contributed by atoms with Crippen molar-refractivity contribution in [1.29, 1.82) is 0 Å². The van der Waals surface area contributed by atoms with Crippen molar-refractivity contribution in [2.24, 2.45) is 5.92 Å². The minimum Gasteiger partial charge on any atom is -0.507 e. The van der Waals surface area contributed by atoms with Crippen LogP contribution < -0.4 is 10.1 Å². The fraction of sp³-hybridized carbons (Fsp3) is 0.120. The van der Waals surface area contributed by atoms with Gasteiger partial charge in [0.2, 0.25) is 5.78 Å². The number of Topliss-reactive ketones (excluding diaryl/α,β-unsaturated/α-hetero) is 2. The third kappa shape index (κ3) is 4.18. The van der Waals surface area contributed by atoms with Gasteiger partial charge in [0.25, 0.3) is 5.91 Å². The summed E-state index contributed by atoms with van der Waals surface area (Å²) in [4.78, 5) is 51.9. The monoisotopic (exact) mass is 445 g/mol. The Morgan fingerprint density at radius 2 is 1.73 bits per heavy atom. The molecule has 0 radical (unpaired) electrons. The standard InChI is InChI=1S/C25H19NO7/c1-32-15-8-6-7-14(13-15)26-24(30)22(29)20(21(28)18-11-4-5-12-19(18)27)23-16-9-2-3-10-17(16)25(31)33-23/h2-13,20,23,27H,1H3,(H,26,30)/t20-,23+/m0/s1. The van der Waals surface area contributed by atoms with E-state index in [0.717, 1.165) is 0 Å². The van der Waals surface area contributed by atoms with Gasteiger partial charge in [-0.1, -0.05) is 36.4 Å². The van der Waals surface area contributed by atoms with Crippen LogP contribution in [0.25, 0.3) is 0 Å². The van der Waals surface area contributed by atoms with Crippen molar-refractivity contribution in [1.82, 2.24) is 0 Å². The molecule has 8 heteroatoms. The molecular weight excluding hydrogens is 426 g/mol. The van der Waals surface area contributed by atoms with Crippen molar-refractivity contribution in [2.45, 2.75) is 6.10 Å². The predicted molar refractivity (Wildman–Crippen MR) is 117 cm³/mol. The lowest BCUT2D eigenvalue weighted by Gasteiger charge is -2.21. The number of ketones is 2. The third-order valence-corrected chi connectivity index (χ3v) is 5.31. The molecule has 0 saturated carbocycles. The molecule has 0 spiro atoms. The van der Waals surface area contributed by atoms with Crippen LogP contribution in [0.1, 0.15) is 32.4 Å². The molecule has 1 aliphatic rings. The minimum atomic E-state index is -1.70. The van der Waals surface area contributed by atoms with Gasteiger partial charge >= 0.3 is 5.97 Å². The Morgan fingerprint density at radius 1 is 1.00 bits per heavy atom. The molecule has 1 aliphatic heterocycles. The SMILES string of the molecule is COc1cccc(NC(=O)C(=O)[C@H](C(=O)c2ccccc2O)[C@@H]2OC(=O)c3ccccc32)c1. The van der Waals surface area contributed by atoms with Crippen LogP contribution in [0.3, 0.4) is 0 Å². The first-order chi connectivity index (χ1) is 15.9. The fourth-order valence-electron chi connectivity index (χ4n) is 3.70. The number of ether oxygens (including phenoxy) is 2. The average Bonchev–Trinajstić information content (AvgIpc) is 3.15. The van der Waals surface area contributed by atoms with Crippen molar-refractivity contribution >= 4 is 29.1 Å². The first-order valence-corrected chi connectivity index (χ1v) is 10.0. The van der Waals surface area contributed by atoms with Gasteiger partial charge in [0.15, 0.2) is 5.78 Å². The van der Waals surface area contributed by atoms with E-state index >= 15 is 0 Å². The minimum absolute atomic E-state index is 0.162. The molecule has 0 aromatic heterocycles. The topological polar surface area (TPSA) is 119 Å². The van der Waals surface area contributed by atoms with Crippen LogP contribution in [0.4, 0.5) is 5.69 Å². The Hall–Kier alpha value is -4.46. The summed E-state index contributed by atoms with van der Waals surface area (Å²) in [7, 11) is 1.46. The number of para-hydroxylation sites is 1. The molecule has 3 aromatic rings. The summed E-state index contributed by atoms with van der Waals surface area (Å²) in [5.74, 6) is -5.32. The number of methoxy groups -OCH3 is 1. The van der Waals surface area contributed by atoms with Crippen LogP contribution in [0.2, 0.25) is 0 Å². The number of fused-ring (bicyclic) bond motifs is 1. The van der Waals surface area contributed by atoms with Gasteiger partial charge in [-0.25, -0.2) is 4.79 Å². The molecule has 0 unspecified atom stereocenters. The summed E-state index contributed by atoms with van der Waals surface area (Å²) in [5, 5.41) is 12.6. The molecule has 2 atom stereocenters. The van der Waals surface area contributed by atoms with E-state index in [1.807, 2.05) is 0 Å². The van der Waals surface area contributed by atoms with Gasteiger partial charge in [-0.15, -0.1) is 0 Å². The second kappa shape index (κ2) is 8.96. The number of rotatable bonds is 7. The zero-order chi connectivity index (χ0) is 23.5. The summed E-state index contributed by atoms with van der Waals surface area (Å²) >= 11 is 0. The number of esters is 1. The van der Waals surface area contributed by atoms with Crippen LogP contribution in [0.5, 0.6) is 11.5 Å². The van der Waals surface area contributed by atoms with Crippen molar-refractivity contribution < 1.29 is 33.8 Å². The van der Waals surface area contributed by atoms with Gasteiger partial charge in [0, 0.05) is 17.3 Å². The normalized spacial score (nSPS) is 15.2. The Balaban J connectivity index is 1.72. The lowest BCUT2D eigenvalue weighted by Crippen LogP contribution is -2.38. The molecule has 1 heterocycles. The second-order valence-corrected chi connectivity index (χ2v) is 7.32. The Kier molecular flexibility index (Phi) is 5.91. The van der Waals surface area contributed by atoms with Crippen LogP contribution in [-0.4, -0.2) is 35.7 Å². The van der Waals surface area contributed by atoms with E-state index < -0.39 is 35.5 Å². The molecular formula is C25H19NO7. The molecule has 8 nitrogen and oxygen atoms in total. The van der Waals surface area contributed by atoms with Gasteiger partial charge in [-0.05, 0) is 30.3 Å². The molecule has 1 amide bonds. The number of cyclic esters (lactones) is 1. The highest BCUT2D eigenvalue weighted by atomic mass is 16.5. The fourth-order valence-corrected chi connectivity index (χ4v) is 3.70. The number of amides is 1. The highest BCUT2D eigenvalue weighted by Gasteiger charge is 2.46. The number of hydrogen-bond donors (Lipinski definition) is 2. The average molecular weight is 445 g/mol. The predicted octanol–water partition coefficient (Wildman–Crippen LogP) is 3.32. The first kappa shape index (κ1) is 21.8. The maximum Gasteiger partial charge on any atom is 0.339 e. The van der Waals surface area contributed by atoms with E-state index in [1.54, 1.807) is 36.4 Å². The van der Waals surface area contributed by atoms with Crippen molar-refractivity contribution in [2.75, 3.05) is 12.4 Å². The smallest absolute Gasteiger partial charge is 0.339 e. The quantitative estimate of drug-likeness (QED) is 0.248. The van der Waals surface area contributed by atoms with Crippen LogP contribution in [-0.2, 0) is 14.3 Å². The number of phenols is 1. The number of aromatic hydroxyl groups is 1. The lowest BCUT2D eigenvalue weighted by atomic mass is 9.84. The molecule has 4 rings (SSSR count). The zero-order valence-corrected chi connectivity index (χ0v) is 17.5. The Bertz CT molecular complexity index is 1270. The van der Waals surface area contributed by atoms with Gasteiger partial charge in [-0.3, -0.25) is 14.4 Å². The Labute approximate surface area is 188 Å². The van der Waals surface area contributed by atoms with Crippen molar-refractivity contribution in [3.05, 3.63) is 89.5 Å².